The van der Waals surface area contributed by atoms with Crippen LogP contribution in [0, 0.1) is 5.92 Å². The highest BCUT2D eigenvalue weighted by Gasteiger charge is 2.05. The van der Waals surface area contributed by atoms with Gasteiger partial charge < -0.3 is 15.2 Å². The predicted octanol–water partition coefficient (Wildman–Crippen LogP) is 1.06. The SMILES string of the molecule is CCCC(CCO)CN/C=C/C(=O)OC. The molecule has 4 nitrogen and oxygen atoms in total. The normalized spacial score (nSPS) is 12.7. The first-order valence-corrected chi connectivity index (χ1v) is 5.33. The third-order valence-corrected chi connectivity index (χ3v) is 2.18. The third kappa shape index (κ3) is 8.00. The van der Waals surface area contributed by atoms with Crippen molar-refractivity contribution in [2.75, 3.05) is 20.3 Å². The van der Waals surface area contributed by atoms with Crippen LogP contribution in [0.4, 0.5) is 0 Å². The summed E-state index contributed by atoms with van der Waals surface area (Å²) in [4.78, 5) is 10.7. The van der Waals surface area contributed by atoms with Gasteiger partial charge in [0.05, 0.1) is 7.11 Å². The van der Waals surface area contributed by atoms with Crippen LogP contribution in [0.2, 0.25) is 0 Å². The second-order valence-electron chi connectivity index (χ2n) is 3.43. The average Bonchev–Trinajstić information content (AvgIpc) is 2.24. The molecule has 0 aromatic carbocycles. The van der Waals surface area contributed by atoms with Crippen LogP contribution in [-0.2, 0) is 9.53 Å². The summed E-state index contributed by atoms with van der Waals surface area (Å²) >= 11 is 0. The molecule has 0 heterocycles. The molecule has 0 saturated heterocycles. The number of carbonyl (C=O) groups excluding carboxylic acids is 1. The van der Waals surface area contributed by atoms with E-state index in [1.807, 2.05) is 0 Å². The van der Waals surface area contributed by atoms with Crippen LogP contribution in [0.25, 0.3) is 0 Å². The molecule has 4 heteroatoms. The van der Waals surface area contributed by atoms with Crippen molar-refractivity contribution in [2.24, 2.45) is 5.92 Å². The Morgan fingerprint density at radius 3 is 2.80 bits per heavy atom. The molecule has 0 fully saturated rings. The molecular weight excluding hydrogens is 194 g/mol. The van der Waals surface area contributed by atoms with Gasteiger partial charge in [-0.05, 0) is 18.8 Å². The van der Waals surface area contributed by atoms with Gasteiger partial charge in [0.1, 0.15) is 0 Å². The molecular formula is C11H21NO3. The number of hydrogen-bond acceptors (Lipinski definition) is 4. The number of rotatable bonds is 8. The molecule has 0 amide bonds. The fraction of sp³-hybridized carbons (Fsp3) is 0.727. The number of aliphatic hydroxyl groups is 1. The standard InChI is InChI=1S/C11H21NO3/c1-3-4-10(6-8-13)9-12-7-5-11(14)15-2/h5,7,10,12-13H,3-4,6,8-9H2,1-2H3/b7-5+. The van der Waals surface area contributed by atoms with E-state index in [1.54, 1.807) is 6.20 Å². The van der Waals surface area contributed by atoms with E-state index in [2.05, 4.69) is 17.0 Å². The minimum atomic E-state index is -0.364. The van der Waals surface area contributed by atoms with E-state index in [1.165, 1.54) is 13.2 Å². The zero-order valence-electron chi connectivity index (χ0n) is 9.53. The van der Waals surface area contributed by atoms with Crippen LogP contribution in [0.3, 0.4) is 0 Å². The molecule has 0 aromatic rings. The van der Waals surface area contributed by atoms with Gasteiger partial charge in [0.15, 0.2) is 0 Å². The summed E-state index contributed by atoms with van der Waals surface area (Å²) in [5, 5.41) is 11.9. The fourth-order valence-corrected chi connectivity index (χ4v) is 1.37. The first kappa shape index (κ1) is 14.0. The molecule has 1 unspecified atom stereocenters. The first-order chi connectivity index (χ1) is 7.24. The highest BCUT2D eigenvalue weighted by Crippen LogP contribution is 2.08. The molecule has 0 bridgehead atoms. The Bertz CT molecular complexity index is 186. The molecule has 2 N–H and O–H groups in total. The molecule has 15 heavy (non-hydrogen) atoms. The number of methoxy groups -OCH3 is 1. The molecule has 1 atom stereocenters. The molecule has 0 aliphatic rings. The van der Waals surface area contributed by atoms with Crippen LogP contribution in [0.15, 0.2) is 12.3 Å². The summed E-state index contributed by atoms with van der Waals surface area (Å²) in [6.07, 6.45) is 5.92. The molecule has 0 aliphatic carbocycles. The molecule has 0 saturated carbocycles. The molecule has 0 radical (unpaired) electrons. The van der Waals surface area contributed by atoms with Crippen molar-refractivity contribution in [1.82, 2.24) is 5.32 Å². The Morgan fingerprint density at radius 2 is 2.27 bits per heavy atom. The minimum absolute atomic E-state index is 0.215. The zero-order chi connectivity index (χ0) is 11.5. The van der Waals surface area contributed by atoms with Gasteiger partial charge in [-0.1, -0.05) is 13.3 Å². The summed E-state index contributed by atoms with van der Waals surface area (Å²) in [5.41, 5.74) is 0. The second kappa shape index (κ2) is 9.52. The van der Waals surface area contributed by atoms with Gasteiger partial charge >= 0.3 is 5.97 Å². The largest absolute Gasteiger partial charge is 0.466 e. The van der Waals surface area contributed by atoms with E-state index < -0.39 is 0 Å². The van der Waals surface area contributed by atoms with Crippen LogP contribution in [0.1, 0.15) is 26.2 Å². The summed E-state index contributed by atoms with van der Waals surface area (Å²) in [6, 6.07) is 0. The Kier molecular flexibility index (Phi) is 8.87. The number of hydrogen-bond donors (Lipinski definition) is 2. The molecule has 0 spiro atoms. The lowest BCUT2D eigenvalue weighted by Crippen LogP contribution is -2.19. The molecule has 0 aromatic heterocycles. The first-order valence-electron chi connectivity index (χ1n) is 5.33. The van der Waals surface area contributed by atoms with Gasteiger partial charge in [-0.2, -0.15) is 0 Å². The Morgan fingerprint density at radius 1 is 1.53 bits per heavy atom. The van der Waals surface area contributed by atoms with E-state index in [0.717, 1.165) is 25.8 Å². The Hall–Kier alpha value is -1.03. The van der Waals surface area contributed by atoms with E-state index in [0.29, 0.717) is 5.92 Å². The summed E-state index contributed by atoms with van der Waals surface area (Å²) in [6.45, 7) is 3.11. The van der Waals surface area contributed by atoms with Crippen LogP contribution < -0.4 is 5.32 Å². The van der Waals surface area contributed by atoms with Gasteiger partial charge in [0.2, 0.25) is 0 Å². The summed E-state index contributed by atoms with van der Waals surface area (Å²) in [7, 11) is 1.35. The van der Waals surface area contributed by atoms with Gasteiger partial charge in [0, 0.05) is 25.4 Å². The number of esters is 1. The lowest BCUT2D eigenvalue weighted by atomic mass is 10.0. The second-order valence-corrected chi connectivity index (χ2v) is 3.43. The molecule has 0 aliphatic heterocycles. The average molecular weight is 215 g/mol. The van der Waals surface area contributed by atoms with Gasteiger partial charge in [-0.15, -0.1) is 0 Å². The number of nitrogens with one attached hydrogen (secondary N) is 1. The third-order valence-electron chi connectivity index (χ3n) is 2.18. The van der Waals surface area contributed by atoms with Gasteiger partial charge in [0.25, 0.3) is 0 Å². The van der Waals surface area contributed by atoms with Crippen LogP contribution in [-0.4, -0.2) is 31.3 Å². The van der Waals surface area contributed by atoms with E-state index in [4.69, 9.17) is 5.11 Å². The van der Waals surface area contributed by atoms with Crippen molar-refractivity contribution in [2.45, 2.75) is 26.2 Å². The van der Waals surface area contributed by atoms with Crippen molar-refractivity contribution >= 4 is 5.97 Å². The van der Waals surface area contributed by atoms with Crippen molar-refractivity contribution in [3.05, 3.63) is 12.3 Å². The van der Waals surface area contributed by atoms with Gasteiger partial charge in [-0.3, -0.25) is 0 Å². The monoisotopic (exact) mass is 215 g/mol. The fourth-order valence-electron chi connectivity index (χ4n) is 1.37. The molecule has 88 valence electrons. The van der Waals surface area contributed by atoms with Crippen LogP contribution >= 0.6 is 0 Å². The number of carbonyl (C=O) groups is 1. The topological polar surface area (TPSA) is 58.6 Å². The van der Waals surface area contributed by atoms with Crippen LogP contribution in [0.5, 0.6) is 0 Å². The zero-order valence-corrected chi connectivity index (χ0v) is 9.53. The van der Waals surface area contributed by atoms with E-state index in [9.17, 15) is 4.79 Å². The van der Waals surface area contributed by atoms with Crippen molar-refractivity contribution in [1.29, 1.82) is 0 Å². The quantitative estimate of drug-likeness (QED) is 0.469. The Balaban J connectivity index is 3.69. The highest BCUT2D eigenvalue weighted by molar-refractivity contribution is 5.81. The maximum absolute atomic E-state index is 10.7. The predicted molar refractivity (Wildman–Crippen MR) is 59.3 cm³/mol. The van der Waals surface area contributed by atoms with E-state index >= 15 is 0 Å². The van der Waals surface area contributed by atoms with Crippen molar-refractivity contribution in [3.8, 4) is 0 Å². The lowest BCUT2D eigenvalue weighted by molar-refractivity contribution is -0.134. The Labute approximate surface area is 91.3 Å². The minimum Gasteiger partial charge on any atom is -0.466 e. The van der Waals surface area contributed by atoms with Crippen molar-refractivity contribution < 1.29 is 14.6 Å². The number of aliphatic hydroxyl groups excluding tert-OH is 1. The lowest BCUT2D eigenvalue weighted by Gasteiger charge is -2.14. The van der Waals surface area contributed by atoms with Crippen molar-refractivity contribution in [3.63, 3.8) is 0 Å². The van der Waals surface area contributed by atoms with Gasteiger partial charge in [-0.25, -0.2) is 4.79 Å². The summed E-state index contributed by atoms with van der Waals surface area (Å²) in [5.74, 6) is 0.0963. The molecule has 0 rings (SSSR count). The number of ether oxygens (including phenoxy) is 1. The summed E-state index contributed by atoms with van der Waals surface area (Å²) < 4.78 is 4.45. The van der Waals surface area contributed by atoms with E-state index in [-0.39, 0.29) is 12.6 Å². The highest BCUT2D eigenvalue weighted by atomic mass is 16.5. The smallest absolute Gasteiger partial charge is 0.331 e. The maximum atomic E-state index is 10.7. The maximum Gasteiger partial charge on any atom is 0.331 e.